The molecule has 0 spiro atoms. The zero-order valence-corrected chi connectivity index (χ0v) is 28.7. The number of rotatable bonds is 7. The largest absolute Gasteiger partial charge is 4.00 e. The second-order valence-electron chi connectivity index (χ2n) is 8.32. The van der Waals surface area contributed by atoms with Crippen molar-refractivity contribution in [3.8, 4) is 11.5 Å². The fourth-order valence-electron chi connectivity index (χ4n) is 2.54. The molecule has 0 atom stereocenters. The van der Waals surface area contributed by atoms with Gasteiger partial charge in [0.25, 0.3) is 0 Å². The van der Waals surface area contributed by atoms with Gasteiger partial charge in [0.05, 0.1) is 0 Å². The number of benzene rings is 2. The monoisotopic (exact) mass is 776 g/mol. The summed E-state index contributed by atoms with van der Waals surface area (Å²) in [6.07, 6.45) is -0.833. The van der Waals surface area contributed by atoms with Gasteiger partial charge < -0.3 is 30.2 Å². The van der Waals surface area contributed by atoms with Crippen LogP contribution in [-0.2, 0) is 34.8 Å². The minimum atomic E-state index is -0.417. The van der Waals surface area contributed by atoms with Crippen molar-refractivity contribution in [1.82, 2.24) is 9.80 Å². The Kier molecular flexibility index (Phi) is 21.1. The van der Waals surface area contributed by atoms with Gasteiger partial charge in [0.2, 0.25) is 0 Å². The molecule has 2 aromatic carbocycles. The molecule has 0 amide bonds. The number of halogens is 4. The Hall–Kier alpha value is 0.514. The van der Waals surface area contributed by atoms with Gasteiger partial charge >= 0.3 is 21.7 Å². The van der Waals surface area contributed by atoms with Gasteiger partial charge in [0.1, 0.15) is 0 Å². The Labute approximate surface area is 258 Å². The van der Waals surface area contributed by atoms with E-state index in [-0.39, 0.29) is 33.2 Å². The van der Waals surface area contributed by atoms with Crippen molar-refractivity contribution in [3.05, 3.63) is 53.3 Å². The maximum atomic E-state index is 12.2. The van der Waals surface area contributed by atoms with Crippen molar-refractivity contribution in [3.63, 3.8) is 0 Å². The Morgan fingerprint density at radius 2 is 0.914 bits per heavy atom. The molecule has 0 unspecified atom stereocenters. The van der Waals surface area contributed by atoms with Crippen molar-refractivity contribution >= 4 is 63.7 Å². The molecule has 0 radical (unpaired) electrons. The summed E-state index contributed by atoms with van der Waals surface area (Å²) in [5.74, 6) is 0.0341. The third-order valence-corrected chi connectivity index (χ3v) is 6.01. The summed E-state index contributed by atoms with van der Waals surface area (Å²) in [5.41, 5.74) is 1.49. The molecule has 2 aromatic rings. The maximum Gasteiger partial charge on any atom is 4.00 e. The van der Waals surface area contributed by atoms with Crippen molar-refractivity contribution in [2.75, 3.05) is 27.2 Å². The Balaban J connectivity index is 0. The van der Waals surface area contributed by atoms with Crippen LogP contribution in [0.5, 0.6) is 11.5 Å². The van der Waals surface area contributed by atoms with Crippen LogP contribution >= 0.6 is 63.7 Å². The van der Waals surface area contributed by atoms with Crippen molar-refractivity contribution < 1.29 is 42.1 Å². The second-order valence-corrected chi connectivity index (χ2v) is 11.9. The topological polar surface area (TPSA) is 98.7 Å². The summed E-state index contributed by atoms with van der Waals surface area (Å²) < 4.78 is 2.89. The van der Waals surface area contributed by atoms with Crippen LogP contribution in [0, 0.1) is 0 Å². The predicted octanol–water partition coefficient (Wildman–Crippen LogP) is 3.96. The predicted molar refractivity (Wildman–Crippen MR) is 146 cm³/mol. The third-order valence-electron chi connectivity index (χ3n) is 3.91. The van der Waals surface area contributed by atoms with Crippen LogP contribution in [0.15, 0.2) is 42.2 Å². The van der Waals surface area contributed by atoms with E-state index in [1.54, 1.807) is 39.8 Å². The number of hydrogen-bond donors (Lipinski definition) is 0. The molecule has 11 heteroatoms. The minimum Gasteiger partial charge on any atom is -0.871 e. The van der Waals surface area contributed by atoms with Crippen molar-refractivity contribution in [1.29, 1.82) is 0 Å². The minimum absolute atomic E-state index is 0. The van der Waals surface area contributed by atoms with Crippen LogP contribution < -0.4 is 20.4 Å². The molecule has 0 aliphatic heterocycles. The number of hydrogen-bond acceptors (Lipinski definition) is 6. The normalized spacial score (nSPS) is 10.6. The summed E-state index contributed by atoms with van der Waals surface area (Å²) >= 11 is 13.4. The summed E-state index contributed by atoms with van der Waals surface area (Å²) in [6, 6.07) is 7.23. The Morgan fingerprint density at radius 3 is 1.17 bits per heavy atom. The van der Waals surface area contributed by atoms with Crippen LogP contribution in [0.3, 0.4) is 0 Å². The van der Waals surface area contributed by atoms with E-state index < -0.39 is 12.2 Å². The molecular formula is C24H32Br4N2O4Ti. The molecule has 0 fully saturated rings. The first-order chi connectivity index (χ1) is 15.6. The molecule has 0 saturated heterocycles. The standard InChI is InChI=1S/C18H20Br4N2O2.2C3H7O.Ti/c1-23(9-11-5-13(19)7-15(21)17(11)25)3-4-24(2)10-12-6-14(20)8-16(22)18(12)26;2*1-3(2)4;/h5-8,25-26H,3-4,9-10H2,1-2H3;2*3H,1-2H3;/q;2*-1;+4/p-2. The van der Waals surface area contributed by atoms with E-state index in [9.17, 15) is 20.4 Å². The zero-order valence-electron chi connectivity index (χ0n) is 20.8. The van der Waals surface area contributed by atoms with Gasteiger partial charge in [-0.05, 0) is 49.5 Å². The first-order valence-corrected chi connectivity index (χ1v) is 13.8. The van der Waals surface area contributed by atoms with Gasteiger partial charge in [0.15, 0.2) is 0 Å². The molecule has 0 N–H and O–H groups in total. The first-order valence-electron chi connectivity index (χ1n) is 10.6. The smallest absolute Gasteiger partial charge is 0.871 e. The maximum absolute atomic E-state index is 12.2. The summed E-state index contributed by atoms with van der Waals surface area (Å²) in [6.45, 7) is 9.15. The Morgan fingerprint density at radius 1 is 0.657 bits per heavy atom. The molecule has 194 valence electrons. The molecule has 0 aliphatic rings. The van der Waals surface area contributed by atoms with Crippen molar-refractivity contribution in [2.45, 2.75) is 53.0 Å². The van der Waals surface area contributed by atoms with E-state index in [2.05, 4.69) is 73.5 Å². The zero-order chi connectivity index (χ0) is 26.6. The summed E-state index contributed by atoms with van der Waals surface area (Å²) in [4.78, 5) is 4.20. The summed E-state index contributed by atoms with van der Waals surface area (Å²) in [7, 11) is 3.97. The van der Waals surface area contributed by atoms with Gasteiger partial charge in [0, 0.05) is 44.1 Å². The average Bonchev–Trinajstić information content (AvgIpc) is 2.67. The fraction of sp³-hybridized carbons (Fsp3) is 0.500. The van der Waals surface area contributed by atoms with E-state index >= 15 is 0 Å². The van der Waals surface area contributed by atoms with Gasteiger partial charge in [-0.1, -0.05) is 103 Å². The fourth-order valence-corrected chi connectivity index (χ4v) is 5.17. The van der Waals surface area contributed by atoms with E-state index in [1.807, 2.05) is 26.2 Å². The molecule has 0 bridgehead atoms. The molecule has 35 heavy (non-hydrogen) atoms. The molecule has 0 saturated carbocycles. The Bertz CT molecular complexity index is 812. The van der Waals surface area contributed by atoms with Gasteiger partial charge in [-0.25, -0.2) is 0 Å². The average molecular weight is 780 g/mol. The number of likely N-dealkylation sites (N-methyl/N-ethyl adjacent to an activating group) is 2. The molecule has 0 aliphatic carbocycles. The van der Waals surface area contributed by atoms with E-state index in [0.29, 0.717) is 22.0 Å². The van der Waals surface area contributed by atoms with E-state index in [4.69, 9.17) is 0 Å². The van der Waals surface area contributed by atoms with Crippen LogP contribution in [0.4, 0.5) is 0 Å². The van der Waals surface area contributed by atoms with Gasteiger partial charge in [-0.3, -0.25) is 0 Å². The quantitative estimate of drug-likeness (QED) is 0.395. The number of nitrogens with zero attached hydrogens (tertiary/aromatic N) is 2. The molecule has 0 heterocycles. The third kappa shape index (κ3) is 17.6. The van der Waals surface area contributed by atoms with Crippen molar-refractivity contribution in [2.24, 2.45) is 0 Å². The van der Waals surface area contributed by atoms with Crippen LogP contribution in [0.1, 0.15) is 38.8 Å². The van der Waals surface area contributed by atoms with Crippen LogP contribution in [0.2, 0.25) is 0 Å². The van der Waals surface area contributed by atoms with Gasteiger partial charge in [-0.15, -0.1) is 12.2 Å². The van der Waals surface area contributed by atoms with E-state index in [0.717, 1.165) is 33.2 Å². The molecular weight excluding hydrogens is 748 g/mol. The van der Waals surface area contributed by atoms with Crippen LogP contribution in [0.25, 0.3) is 0 Å². The van der Waals surface area contributed by atoms with Crippen LogP contribution in [-0.4, -0.2) is 49.2 Å². The van der Waals surface area contributed by atoms with E-state index in [1.165, 1.54) is 0 Å². The molecule has 6 nitrogen and oxygen atoms in total. The second kappa shape index (κ2) is 19.6. The van der Waals surface area contributed by atoms with Gasteiger partial charge in [-0.2, -0.15) is 0 Å². The SMILES string of the molecule is CC(C)[O-].CC(C)[O-].CN(CCN(C)Cc1cc(Br)cc(Br)c1[O-])Cc1cc(Br)cc(Br)c1[O-].[Ti+4]. The first kappa shape index (κ1) is 37.7. The molecule has 2 rings (SSSR count). The summed E-state index contributed by atoms with van der Waals surface area (Å²) in [5, 5.41) is 43.4. The molecule has 0 aromatic heterocycles.